The number of hydrogen-bond acceptors (Lipinski definition) is 5. The summed E-state index contributed by atoms with van der Waals surface area (Å²) in [6.07, 6.45) is 1.44. The summed E-state index contributed by atoms with van der Waals surface area (Å²) in [6.45, 7) is 2.42. The van der Waals surface area contributed by atoms with Crippen molar-refractivity contribution in [1.29, 1.82) is 0 Å². The maximum absolute atomic E-state index is 11.1. The monoisotopic (exact) mass is 272 g/mol. The Hall–Kier alpha value is -2.63. The van der Waals surface area contributed by atoms with Gasteiger partial charge in [0.15, 0.2) is 5.82 Å². The van der Waals surface area contributed by atoms with Crippen LogP contribution in [0.3, 0.4) is 0 Å². The molecular weight excluding hydrogens is 256 g/mol. The Kier molecular flexibility index (Phi) is 3.84. The lowest BCUT2D eigenvalue weighted by molar-refractivity contribution is 0.0698. The van der Waals surface area contributed by atoms with Crippen molar-refractivity contribution in [1.82, 2.24) is 9.97 Å². The van der Waals surface area contributed by atoms with E-state index in [9.17, 15) is 4.79 Å². The van der Waals surface area contributed by atoms with Gasteiger partial charge >= 0.3 is 5.97 Å². The Balaban J connectivity index is 2.28. The molecule has 0 aromatic carbocycles. The van der Waals surface area contributed by atoms with E-state index in [0.717, 1.165) is 11.4 Å². The maximum Gasteiger partial charge on any atom is 0.337 e. The number of nitrogens with two attached hydrogens (primary N) is 1. The molecular formula is C14H16N4O2. The molecule has 2 aromatic rings. The van der Waals surface area contributed by atoms with Crippen molar-refractivity contribution in [3.8, 4) is 0 Å². The van der Waals surface area contributed by atoms with Crippen LogP contribution >= 0.6 is 0 Å². The third-order valence-electron chi connectivity index (χ3n) is 2.91. The molecule has 3 N–H and O–H groups in total. The third-order valence-corrected chi connectivity index (χ3v) is 2.91. The second-order valence-electron chi connectivity index (χ2n) is 4.53. The van der Waals surface area contributed by atoms with Crippen LogP contribution in [0.5, 0.6) is 0 Å². The Labute approximate surface area is 116 Å². The van der Waals surface area contributed by atoms with Crippen LogP contribution in [-0.2, 0) is 6.54 Å². The quantitative estimate of drug-likeness (QED) is 0.880. The number of aryl methyl sites for hydroxylation is 1. The molecule has 2 rings (SSSR count). The number of pyridine rings is 2. The third kappa shape index (κ3) is 2.85. The Morgan fingerprint density at radius 2 is 2.15 bits per heavy atom. The van der Waals surface area contributed by atoms with E-state index in [1.54, 1.807) is 11.9 Å². The highest BCUT2D eigenvalue weighted by atomic mass is 16.4. The first-order chi connectivity index (χ1) is 9.49. The summed E-state index contributed by atoms with van der Waals surface area (Å²) in [6, 6.07) is 7.14. The minimum absolute atomic E-state index is 0.0547. The molecule has 0 aliphatic rings. The fraction of sp³-hybridized carbons (Fsp3) is 0.214. The molecule has 0 unspecified atom stereocenters. The first-order valence-electron chi connectivity index (χ1n) is 6.10. The zero-order chi connectivity index (χ0) is 14.7. The molecule has 6 heteroatoms. The predicted molar refractivity (Wildman–Crippen MR) is 76.7 cm³/mol. The van der Waals surface area contributed by atoms with Crippen molar-refractivity contribution in [2.45, 2.75) is 13.5 Å². The molecule has 0 aliphatic carbocycles. The second kappa shape index (κ2) is 5.56. The summed E-state index contributed by atoms with van der Waals surface area (Å²) in [4.78, 5) is 21.4. The van der Waals surface area contributed by atoms with E-state index < -0.39 is 5.97 Å². The molecule has 0 saturated heterocycles. The van der Waals surface area contributed by atoms with Crippen LogP contribution in [0.4, 0.5) is 11.5 Å². The SMILES string of the molecule is Cc1cccc(CN(C)c2nccc(C(=O)O)c2N)n1. The molecule has 0 amide bonds. The fourth-order valence-electron chi connectivity index (χ4n) is 1.96. The van der Waals surface area contributed by atoms with Gasteiger partial charge in [0, 0.05) is 18.9 Å². The van der Waals surface area contributed by atoms with Crippen LogP contribution in [-0.4, -0.2) is 28.1 Å². The molecule has 0 atom stereocenters. The number of aromatic nitrogens is 2. The van der Waals surface area contributed by atoms with Crippen LogP contribution in [0.15, 0.2) is 30.5 Å². The highest BCUT2D eigenvalue weighted by Gasteiger charge is 2.15. The van der Waals surface area contributed by atoms with Crippen molar-refractivity contribution in [2.75, 3.05) is 17.7 Å². The molecule has 2 heterocycles. The normalized spacial score (nSPS) is 10.3. The summed E-state index contributed by atoms with van der Waals surface area (Å²) in [5.74, 6) is -0.624. The van der Waals surface area contributed by atoms with Gasteiger partial charge in [0.2, 0.25) is 0 Å². The van der Waals surface area contributed by atoms with E-state index in [-0.39, 0.29) is 11.3 Å². The van der Waals surface area contributed by atoms with Gasteiger partial charge in [-0.2, -0.15) is 0 Å². The van der Waals surface area contributed by atoms with Crippen molar-refractivity contribution in [2.24, 2.45) is 0 Å². The van der Waals surface area contributed by atoms with E-state index in [1.165, 1.54) is 12.3 Å². The van der Waals surface area contributed by atoms with E-state index >= 15 is 0 Å². The van der Waals surface area contributed by atoms with Crippen LogP contribution in [0.25, 0.3) is 0 Å². The van der Waals surface area contributed by atoms with Gasteiger partial charge in [-0.1, -0.05) is 6.07 Å². The molecule has 6 nitrogen and oxygen atoms in total. The smallest absolute Gasteiger partial charge is 0.337 e. The largest absolute Gasteiger partial charge is 0.478 e. The molecule has 0 bridgehead atoms. The fourth-order valence-corrected chi connectivity index (χ4v) is 1.96. The van der Waals surface area contributed by atoms with Crippen molar-refractivity contribution < 1.29 is 9.90 Å². The number of hydrogen-bond donors (Lipinski definition) is 2. The number of nitrogen functional groups attached to an aromatic ring is 1. The zero-order valence-corrected chi connectivity index (χ0v) is 11.4. The van der Waals surface area contributed by atoms with E-state index in [2.05, 4.69) is 9.97 Å². The molecule has 0 fully saturated rings. The molecule has 0 radical (unpaired) electrons. The average molecular weight is 272 g/mol. The van der Waals surface area contributed by atoms with Crippen LogP contribution < -0.4 is 10.6 Å². The van der Waals surface area contributed by atoms with Crippen LogP contribution in [0.2, 0.25) is 0 Å². The van der Waals surface area contributed by atoms with Gasteiger partial charge in [-0.25, -0.2) is 9.78 Å². The van der Waals surface area contributed by atoms with E-state index in [4.69, 9.17) is 10.8 Å². The summed E-state index contributed by atoms with van der Waals surface area (Å²) < 4.78 is 0. The number of anilines is 2. The van der Waals surface area contributed by atoms with Gasteiger partial charge in [0.05, 0.1) is 23.5 Å². The topological polar surface area (TPSA) is 92.3 Å². The van der Waals surface area contributed by atoms with Crippen molar-refractivity contribution >= 4 is 17.5 Å². The lowest BCUT2D eigenvalue weighted by atomic mass is 10.2. The summed E-state index contributed by atoms with van der Waals surface area (Å²) in [7, 11) is 1.80. The van der Waals surface area contributed by atoms with Gasteiger partial charge < -0.3 is 15.7 Å². The predicted octanol–water partition coefficient (Wildman–Crippen LogP) is 1.70. The number of carbonyl (C=O) groups is 1. The number of aromatic carboxylic acids is 1. The summed E-state index contributed by atoms with van der Waals surface area (Å²) >= 11 is 0. The molecule has 0 saturated carbocycles. The highest BCUT2D eigenvalue weighted by molar-refractivity contribution is 5.96. The minimum Gasteiger partial charge on any atom is -0.478 e. The van der Waals surface area contributed by atoms with Gasteiger partial charge in [-0.3, -0.25) is 4.98 Å². The highest BCUT2D eigenvalue weighted by Crippen LogP contribution is 2.24. The lowest BCUT2D eigenvalue weighted by Gasteiger charge is -2.20. The molecule has 104 valence electrons. The summed E-state index contributed by atoms with van der Waals surface area (Å²) in [5, 5.41) is 9.06. The van der Waals surface area contributed by atoms with Crippen molar-refractivity contribution in [3.63, 3.8) is 0 Å². The minimum atomic E-state index is -1.06. The van der Waals surface area contributed by atoms with Gasteiger partial charge in [0.25, 0.3) is 0 Å². The Morgan fingerprint density at radius 3 is 2.80 bits per heavy atom. The van der Waals surface area contributed by atoms with Crippen LogP contribution in [0.1, 0.15) is 21.7 Å². The number of carboxylic acids is 1. The molecule has 20 heavy (non-hydrogen) atoms. The molecule has 0 aliphatic heterocycles. The standard InChI is InChI=1S/C14H16N4O2/c1-9-4-3-5-10(17-9)8-18(2)13-12(15)11(14(19)20)6-7-16-13/h3-7H,8,15H2,1-2H3,(H,19,20). The van der Waals surface area contributed by atoms with Crippen LogP contribution in [0, 0.1) is 6.92 Å². The average Bonchev–Trinajstić information content (AvgIpc) is 2.38. The zero-order valence-electron chi connectivity index (χ0n) is 11.4. The second-order valence-corrected chi connectivity index (χ2v) is 4.53. The van der Waals surface area contributed by atoms with Crippen molar-refractivity contribution in [3.05, 3.63) is 47.4 Å². The summed E-state index contributed by atoms with van der Waals surface area (Å²) in [5.41, 5.74) is 7.88. The first kappa shape index (κ1) is 13.8. The first-order valence-corrected chi connectivity index (χ1v) is 6.10. The Bertz CT molecular complexity index is 643. The number of nitrogens with zero attached hydrogens (tertiary/aromatic N) is 3. The van der Waals surface area contributed by atoms with Gasteiger partial charge in [0.1, 0.15) is 0 Å². The maximum atomic E-state index is 11.1. The van der Waals surface area contributed by atoms with E-state index in [1.807, 2.05) is 25.1 Å². The lowest BCUT2D eigenvalue weighted by Crippen LogP contribution is -2.21. The van der Waals surface area contributed by atoms with E-state index in [0.29, 0.717) is 12.4 Å². The van der Waals surface area contributed by atoms with Gasteiger partial charge in [-0.15, -0.1) is 0 Å². The molecule has 0 spiro atoms. The number of rotatable bonds is 4. The Morgan fingerprint density at radius 1 is 1.40 bits per heavy atom. The van der Waals surface area contributed by atoms with Gasteiger partial charge in [-0.05, 0) is 25.1 Å². The number of carboxylic acid groups (broad SMARTS) is 1. The molecule has 2 aromatic heterocycles.